The highest BCUT2D eigenvalue weighted by Gasteiger charge is 2.31. The molecule has 0 atom stereocenters. The Morgan fingerprint density at radius 2 is 1.94 bits per heavy atom. The minimum Gasteiger partial charge on any atom is -0.381 e. The number of rotatable bonds is 4. The van der Waals surface area contributed by atoms with Gasteiger partial charge >= 0.3 is 0 Å². The lowest BCUT2D eigenvalue weighted by molar-refractivity contribution is 0.211. The molecule has 1 fully saturated rings. The van der Waals surface area contributed by atoms with E-state index in [9.17, 15) is 0 Å². The lowest BCUT2D eigenvalue weighted by atomic mass is 9.73. The SMILES string of the molecule is CSc1ccccc1NC1CC(C(C)C)C1. The van der Waals surface area contributed by atoms with Crippen LogP contribution in [0.5, 0.6) is 0 Å². The summed E-state index contributed by atoms with van der Waals surface area (Å²) in [6.07, 6.45) is 4.80. The number of thioether (sulfide) groups is 1. The van der Waals surface area contributed by atoms with Crippen LogP contribution in [0.1, 0.15) is 26.7 Å². The van der Waals surface area contributed by atoms with Gasteiger partial charge in [0.2, 0.25) is 0 Å². The maximum Gasteiger partial charge on any atom is 0.0480 e. The molecule has 0 radical (unpaired) electrons. The van der Waals surface area contributed by atoms with Crippen LogP contribution in [0.3, 0.4) is 0 Å². The number of anilines is 1. The number of hydrogen-bond acceptors (Lipinski definition) is 2. The second kappa shape index (κ2) is 5.13. The molecule has 2 heteroatoms. The third kappa shape index (κ3) is 2.54. The molecule has 88 valence electrons. The van der Waals surface area contributed by atoms with Gasteiger partial charge in [-0.3, -0.25) is 0 Å². The summed E-state index contributed by atoms with van der Waals surface area (Å²) in [6, 6.07) is 9.29. The largest absolute Gasteiger partial charge is 0.381 e. The Hall–Kier alpha value is -0.630. The Kier molecular flexibility index (Phi) is 3.80. The predicted molar refractivity (Wildman–Crippen MR) is 73.2 cm³/mol. The monoisotopic (exact) mass is 235 g/mol. The van der Waals surface area contributed by atoms with Gasteiger partial charge in [0.15, 0.2) is 0 Å². The molecule has 0 spiro atoms. The predicted octanol–water partition coefficient (Wildman–Crippen LogP) is 4.26. The third-order valence-corrected chi connectivity index (χ3v) is 4.38. The highest BCUT2D eigenvalue weighted by Crippen LogP contribution is 2.37. The minimum absolute atomic E-state index is 0.695. The van der Waals surface area contributed by atoms with Crippen LogP contribution in [0.15, 0.2) is 29.2 Å². The molecule has 1 nitrogen and oxygen atoms in total. The topological polar surface area (TPSA) is 12.0 Å². The summed E-state index contributed by atoms with van der Waals surface area (Å²) in [5.74, 6) is 1.77. The molecule has 0 heterocycles. The first-order valence-electron chi connectivity index (χ1n) is 6.10. The molecule has 16 heavy (non-hydrogen) atoms. The molecule has 0 aliphatic heterocycles. The van der Waals surface area contributed by atoms with Crippen LogP contribution in [-0.2, 0) is 0 Å². The fraction of sp³-hybridized carbons (Fsp3) is 0.571. The average molecular weight is 235 g/mol. The van der Waals surface area contributed by atoms with E-state index in [1.54, 1.807) is 0 Å². The molecule has 1 aromatic rings. The molecule has 0 aromatic heterocycles. The van der Waals surface area contributed by atoms with Crippen LogP contribution in [0.25, 0.3) is 0 Å². The van der Waals surface area contributed by atoms with Crippen molar-refractivity contribution in [2.75, 3.05) is 11.6 Å². The molecule has 1 saturated carbocycles. The van der Waals surface area contributed by atoms with Gasteiger partial charge in [-0.05, 0) is 43.1 Å². The van der Waals surface area contributed by atoms with Gasteiger partial charge in [0.25, 0.3) is 0 Å². The van der Waals surface area contributed by atoms with Gasteiger partial charge in [0.05, 0.1) is 0 Å². The summed E-state index contributed by atoms with van der Waals surface area (Å²) in [6.45, 7) is 4.66. The zero-order chi connectivity index (χ0) is 11.5. The Bertz CT molecular complexity index is 342. The van der Waals surface area contributed by atoms with Crippen LogP contribution < -0.4 is 5.32 Å². The first kappa shape index (κ1) is 11.8. The van der Waals surface area contributed by atoms with E-state index < -0.39 is 0 Å². The van der Waals surface area contributed by atoms with E-state index in [2.05, 4.69) is 49.7 Å². The molecule has 0 unspecified atom stereocenters. The van der Waals surface area contributed by atoms with Crippen LogP contribution in [0, 0.1) is 11.8 Å². The van der Waals surface area contributed by atoms with E-state index in [0.29, 0.717) is 6.04 Å². The number of para-hydroxylation sites is 1. The summed E-state index contributed by atoms with van der Waals surface area (Å²) < 4.78 is 0. The Morgan fingerprint density at radius 3 is 2.56 bits per heavy atom. The van der Waals surface area contributed by atoms with Crippen LogP contribution >= 0.6 is 11.8 Å². The van der Waals surface area contributed by atoms with E-state index in [4.69, 9.17) is 0 Å². The summed E-state index contributed by atoms with van der Waals surface area (Å²) in [5.41, 5.74) is 1.31. The smallest absolute Gasteiger partial charge is 0.0480 e. The van der Waals surface area contributed by atoms with Crippen LogP contribution in [0.2, 0.25) is 0 Å². The summed E-state index contributed by atoms with van der Waals surface area (Å²) in [5, 5.41) is 3.66. The highest BCUT2D eigenvalue weighted by atomic mass is 32.2. The summed E-state index contributed by atoms with van der Waals surface area (Å²) in [4.78, 5) is 1.36. The fourth-order valence-corrected chi connectivity index (χ4v) is 2.87. The van der Waals surface area contributed by atoms with Gasteiger partial charge in [-0.25, -0.2) is 0 Å². The second-order valence-electron chi connectivity index (χ2n) is 5.02. The molecule has 1 aliphatic carbocycles. The number of hydrogen-bond donors (Lipinski definition) is 1. The van der Waals surface area contributed by atoms with Crippen molar-refractivity contribution in [1.29, 1.82) is 0 Å². The minimum atomic E-state index is 0.695. The number of benzene rings is 1. The van der Waals surface area contributed by atoms with E-state index in [1.807, 2.05) is 11.8 Å². The highest BCUT2D eigenvalue weighted by molar-refractivity contribution is 7.98. The average Bonchev–Trinajstić information content (AvgIpc) is 2.22. The molecule has 0 saturated heterocycles. The zero-order valence-electron chi connectivity index (χ0n) is 10.4. The van der Waals surface area contributed by atoms with Crippen molar-refractivity contribution in [3.8, 4) is 0 Å². The van der Waals surface area contributed by atoms with Crippen LogP contribution in [-0.4, -0.2) is 12.3 Å². The van der Waals surface area contributed by atoms with Crippen molar-refractivity contribution in [3.05, 3.63) is 24.3 Å². The maximum absolute atomic E-state index is 3.66. The van der Waals surface area contributed by atoms with E-state index >= 15 is 0 Å². The van der Waals surface area contributed by atoms with Crippen molar-refractivity contribution in [2.24, 2.45) is 11.8 Å². The molecule has 1 aromatic carbocycles. The Morgan fingerprint density at radius 1 is 1.25 bits per heavy atom. The van der Waals surface area contributed by atoms with Gasteiger partial charge in [0.1, 0.15) is 0 Å². The maximum atomic E-state index is 3.66. The quantitative estimate of drug-likeness (QED) is 0.783. The lowest BCUT2D eigenvalue weighted by Crippen LogP contribution is -2.37. The van der Waals surface area contributed by atoms with Crippen LogP contribution in [0.4, 0.5) is 5.69 Å². The second-order valence-corrected chi connectivity index (χ2v) is 5.87. The summed E-state index contributed by atoms with van der Waals surface area (Å²) >= 11 is 1.82. The fourth-order valence-electron chi connectivity index (χ4n) is 2.31. The van der Waals surface area contributed by atoms with Crippen molar-refractivity contribution in [1.82, 2.24) is 0 Å². The van der Waals surface area contributed by atoms with Gasteiger partial charge in [-0.2, -0.15) is 0 Å². The normalized spacial score (nSPS) is 24.2. The first-order valence-corrected chi connectivity index (χ1v) is 7.32. The van der Waals surface area contributed by atoms with E-state index in [0.717, 1.165) is 11.8 Å². The third-order valence-electron chi connectivity index (χ3n) is 3.58. The molecule has 1 N–H and O–H groups in total. The first-order chi connectivity index (χ1) is 7.70. The Balaban J connectivity index is 1.91. The van der Waals surface area contributed by atoms with Gasteiger partial charge in [-0.15, -0.1) is 11.8 Å². The van der Waals surface area contributed by atoms with Gasteiger partial charge in [0, 0.05) is 16.6 Å². The molecular formula is C14H21NS. The van der Waals surface area contributed by atoms with Crippen molar-refractivity contribution in [2.45, 2.75) is 37.6 Å². The van der Waals surface area contributed by atoms with Crippen molar-refractivity contribution in [3.63, 3.8) is 0 Å². The van der Waals surface area contributed by atoms with E-state index in [-0.39, 0.29) is 0 Å². The molecular weight excluding hydrogens is 214 g/mol. The summed E-state index contributed by atoms with van der Waals surface area (Å²) in [7, 11) is 0. The standard InChI is InChI=1S/C14H21NS/c1-10(2)11-8-12(9-11)15-13-6-4-5-7-14(13)16-3/h4-7,10-12,15H,8-9H2,1-3H3. The molecule has 0 bridgehead atoms. The van der Waals surface area contributed by atoms with E-state index in [1.165, 1.54) is 23.4 Å². The van der Waals surface area contributed by atoms with Gasteiger partial charge < -0.3 is 5.32 Å². The van der Waals surface area contributed by atoms with Crippen molar-refractivity contribution >= 4 is 17.4 Å². The molecule has 0 amide bonds. The van der Waals surface area contributed by atoms with Crippen molar-refractivity contribution < 1.29 is 0 Å². The lowest BCUT2D eigenvalue weighted by Gasteiger charge is -2.39. The number of nitrogens with one attached hydrogen (secondary N) is 1. The zero-order valence-corrected chi connectivity index (χ0v) is 11.2. The molecule has 2 rings (SSSR count). The van der Waals surface area contributed by atoms with Gasteiger partial charge in [-0.1, -0.05) is 26.0 Å². The Labute approximate surface area is 103 Å². The molecule has 1 aliphatic rings.